The molecule has 0 heterocycles. The van der Waals surface area contributed by atoms with Gasteiger partial charge in [0.25, 0.3) is 0 Å². The normalized spacial score (nSPS) is 17.9. The highest BCUT2D eigenvalue weighted by molar-refractivity contribution is 5.86. The lowest BCUT2D eigenvalue weighted by molar-refractivity contribution is -0.125. The maximum Gasteiger partial charge on any atom is 0.408 e. The van der Waals surface area contributed by atoms with Gasteiger partial charge in [0.1, 0.15) is 12.1 Å². The van der Waals surface area contributed by atoms with E-state index in [2.05, 4.69) is 10.6 Å². The number of carbonyl (C=O) groups is 2. The molecule has 0 saturated heterocycles. The molecule has 5 heteroatoms. The van der Waals surface area contributed by atoms with Crippen LogP contribution in [0, 0.1) is 5.41 Å². The van der Waals surface area contributed by atoms with Crippen LogP contribution in [0.25, 0.3) is 0 Å². The van der Waals surface area contributed by atoms with Gasteiger partial charge in [-0.25, -0.2) is 4.79 Å². The third kappa shape index (κ3) is 3.91. The van der Waals surface area contributed by atoms with Crippen molar-refractivity contribution in [2.45, 2.75) is 52.2 Å². The number of nitrogens with one attached hydrogen (secondary N) is 2. The number of ether oxygens (including phenoxy) is 1. The van der Waals surface area contributed by atoms with Crippen molar-refractivity contribution in [1.29, 1.82) is 0 Å². The second-order valence-corrected chi connectivity index (χ2v) is 5.52. The van der Waals surface area contributed by atoms with E-state index in [1.807, 2.05) is 20.8 Å². The summed E-state index contributed by atoms with van der Waals surface area (Å²) in [7, 11) is 1.56. The van der Waals surface area contributed by atoms with Crippen LogP contribution >= 0.6 is 0 Å². The Balaban J connectivity index is 2.53. The average Bonchev–Trinajstić information content (AvgIpc) is 2.17. The Morgan fingerprint density at radius 3 is 2.24 bits per heavy atom. The fraction of sp³-hybridized carbons (Fsp3) is 0.833. The van der Waals surface area contributed by atoms with E-state index >= 15 is 0 Å². The van der Waals surface area contributed by atoms with Gasteiger partial charge in [0, 0.05) is 7.05 Å². The summed E-state index contributed by atoms with van der Waals surface area (Å²) in [4.78, 5) is 23.3. The maximum atomic E-state index is 11.7. The zero-order chi connectivity index (χ0) is 13.1. The molecule has 0 bridgehead atoms. The molecule has 0 aromatic carbocycles. The zero-order valence-electron chi connectivity index (χ0n) is 11.0. The topological polar surface area (TPSA) is 67.4 Å². The SMILES string of the molecule is CNC(=O)C(NC(=O)OC1CCC1)C(C)(C)C. The van der Waals surface area contributed by atoms with Gasteiger partial charge in [0.2, 0.25) is 5.91 Å². The van der Waals surface area contributed by atoms with E-state index in [1.54, 1.807) is 7.05 Å². The first-order valence-electron chi connectivity index (χ1n) is 6.03. The molecule has 1 atom stereocenters. The monoisotopic (exact) mass is 242 g/mol. The lowest BCUT2D eigenvalue weighted by Crippen LogP contribution is -2.53. The van der Waals surface area contributed by atoms with Crippen LogP contribution in [0.15, 0.2) is 0 Å². The minimum atomic E-state index is -0.583. The Morgan fingerprint density at radius 2 is 1.88 bits per heavy atom. The van der Waals surface area contributed by atoms with Crippen molar-refractivity contribution in [3.8, 4) is 0 Å². The van der Waals surface area contributed by atoms with E-state index in [-0.39, 0.29) is 17.4 Å². The molecule has 1 saturated carbocycles. The van der Waals surface area contributed by atoms with Gasteiger partial charge in [-0.05, 0) is 24.7 Å². The van der Waals surface area contributed by atoms with Crippen LogP contribution in [0.1, 0.15) is 40.0 Å². The molecular formula is C12H22N2O3. The van der Waals surface area contributed by atoms with E-state index in [1.165, 1.54) is 0 Å². The van der Waals surface area contributed by atoms with Gasteiger partial charge in [-0.3, -0.25) is 4.79 Å². The Bertz CT molecular complexity index is 293. The summed E-state index contributed by atoms with van der Waals surface area (Å²) in [5, 5.41) is 5.18. The average molecular weight is 242 g/mol. The van der Waals surface area contributed by atoms with E-state index in [0.29, 0.717) is 0 Å². The largest absolute Gasteiger partial charge is 0.446 e. The van der Waals surface area contributed by atoms with Crippen molar-refractivity contribution < 1.29 is 14.3 Å². The fourth-order valence-corrected chi connectivity index (χ4v) is 1.61. The molecule has 0 aromatic heterocycles. The molecule has 1 rings (SSSR count). The van der Waals surface area contributed by atoms with Crippen molar-refractivity contribution in [3.63, 3.8) is 0 Å². The summed E-state index contributed by atoms with van der Waals surface area (Å²) in [6, 6.07) is -0.583. The maximum absolute atomic E-state index is 11.7. The van der Waals surface area contributed by atoms with E-state index < -0.39 is 12.1 Å². The molecule has 1 unspecified atom stereocenters. The third-order valence-corrected chi connectivity index (χ3v) is 2.96. The van der Waals surface area contributed by atoms with E-state index in [9.17, 15) is 9.59 Å². The van der Waals surface area contributed by atoms with E-state index in [4.69, 9.17) is 4.74 Å². The number of alkyl carbamates (subject to hydrolysis) is 1. The Labute approximate surface area is 102 Å². The Morgan fingerprint density at radius 1 is 1.29 bits per heavy atom. The van der Waals surface area contributed by atoms with Crippen LogP contribution in [-0.4, -0.2) is 31.2 Å². The van der Waals surface area contributed by atoms with Crippen molar-refractivity contribution >= 4 is 12.0 Å². The lowest BCUT2D eigenvalue weighted by atomic mass is 9.86. The summed E-state index contributed by atoms with van der Waals surface area (Å²) >= 11 is 0. The first-order chi connectivity index (χ1) is 7.84. The summed E-state index contributed by atoms with van der Waals surface area (Å²) in [6.45, 7) is 5.70. The quantitative estimate of drug-likeness (QED) is 0.786. The Kier molecular flexibility index (Phi) is 4.37. The van der Waals surface area contributed by atoms with E-state index in [0.717, 1.165) is 19.3 Å². The first-order valence-corrected chi connectivity index (χ1v) is 6.03. The van der Waals surface area contributed by atoms with Crippen LogP contribution in [0.4, 0.5) is 4.79 Å². The van der Waals surface area contributed by atoms with Crippen LogP contribution in [0.3, 0.4) is 0 Å². The van der Waals surface area contributed by atoms with Crippen molar-refractivity contribution in [2.75, 3.05) is 7.05 Å². The van der Waals surface area contributed by atoms with Crippen LogP contribution in [0.2, 0.25) is 0 Å². The Hall–Kier alpha value is -1.26. The van der Waals surface area contributed by atoms with Crippen LogP contribution in [0.5, 0.6) is 0 Å². The lowest BCUT2D eigenvalue weighted by Gasteiger charge is -2.31. The van der Waals surface area contributed by atoms with Gasteiger partial charge in [0.05, 0.1) is 0 Å². The smallest absolute Gasteiger partial charge is 0.408 e. The number of hydrogen-bond donors (Lipinski definition) is 2. The predicted octanol–water partition coefficient (Wildman–Crippen LogP) is 1.43. The standard InChI is InChI=1S/C12H22N2O3/c1-12(2,3)9(10(15)13-4)14-11(16)17-8-6-5-7-8/h8-9H,5-7H2,1-4H3,(H,13,15)(H,14,16). The van der Waals surface area contributed by atoms with Crippen molar-refractivity contribution in [3.05, 3.63) is 0 Å². The highest BCUT2D eigenvalue weighted by atomic mass is 16.6. The summed E-state index contributed by atoms with van der Waals surface area (Å²) in [5.74, 6) is -0.206. The number of likely N-dealkylation sites (N-methyl/N-ethyl adjacent to an activating group) is 1. The molecular weight excluding hydrogens is 220 g/mol. The van der Waals surface area contributed by atoms with Crippen molar-refractivity contribution in [1.82, 2.24) is 10.6 Å². The summed E-state index contributed by atoms with van der Waals surface area (Å²) < 4.78 is 5.18. The highest BCUT2D eigenvalue weighted by Gasteiger charge is 2.33. The molecule has 1 aliphatic rings. The van der Waals surface area contributed by atoms with Gasteiger partial charge >= 0.3 is 6.09 Å². The molecule has 2 N–H and O–H groups in total. The van der Waals surface area contributed by atoms with Crippen LogP contribution in [-0.2, 0) is 9.53 Å². The zero-order valence-corrected chi connectivity index (χ0v) is 11.0. The van der Waals surface area contributed by atoms with Gasteiger partial charge in [-0.2, -0.15) is 0 Å². The molecule has 0 radical (unpaired) electrons. The van der Waals surface area contributed by atoms with Crippen molar-refractivity contribution in [2.24, 2.45) is 5.41 Å². The molecule has 5 nitrogen and oxygen atoms in total. The number of rotatable bonds is 3. The summed E-state index contributed by atoms with van der Waals surface area (Å²) in [6.07, 6.45) is 2.48. The number of amides is 2. The number of carbonyl (C=O) groups excluding carboxylic acids is 2. The second kappa shape index (κ2) is 5.38. The van der Waals surface area contributed by atoms with Gasteiger partial charge in [0.15, 0.2) is 0 Å². The molecule has 0 aromatic rings. The fourth-order valence-electron chi connectivity index (χ4n) is 1.61. The minimum absolute atomic E-state index is 0.0281. The van der Waals surface area contributed by atoms with Crippen LogP contribution < -0.4 is 10.6 Å². The van der Waals surface area contributed by atoms with Gasteiger partial charge in [-0.1, -0.05) is 20.8 Å². The van der Waals surface area contributed by atoms with Gasteiger partial charge in [-0.15, -0.1) is 0 Å². The predicted molar refractivity (Wildman–Crippen MR) is 64.6 cm³/mol. The second-order valence-electron chi connectivity index (χ2n) is 5.52. The molecule has 0 aliphatic heterocycles. The third-order valence-electron chi connectivity index (χ3n) is 2.96. The van der Waals surface area contributed by atoms with Gasteiger partial charge < -0.3 is 15.4 Å². The molecule has 17 heavy (non-hydrogen) atoms. The molecule has 2 amide bonds. The molecule has 1 aliphatic carbocycles. The molecule has 98 valence electrons. The minimum Gasteiger partial charge on any atom is -0.446 e. The summed E-state index contributed by atoms with van der Waals surface area (Å²) in [5.41, 5.74) is -0.348. The highest BCUT2D eigenvalue weighted by Crippen LogP contribution is 2.23. The molecule has 0 spiro atoms. The number of hydrogen-bond acceptors (Lipinski definition) is 3. The first kappa shape index (κ1) is 13.8. The molecule has 1 fully saturated rings.